The van der Waals surface area contributed by atoms with Crippen LogP contribution in [0.15, 0.2) is 30.2 Å². The minimum atomic E-state index is -0.145. The summed E-state index contributed by atoms with van der Waals surface area (Å²) in [6.45, 7) is 4.48. The molecule has 1 aromatic rings. The van der Waals surface area contributed by atoms with E-state index in [4.69, 9.17) is 4.74 Å². The Morgan fingerprint density at radius 1 is 1.58 bits per heavy atom. The number of ether oxygens (including phenoxy) is 1. The van der Waals surface area contributed by atoms with E-state index < -0.39 is 0 Å². The Labute approximate surface area is 112 Å². The van der Waals surface area contributed by atoms with Gasteiger partial charge in [-0.15, -0.1) is 0 Å². The first-order valence-corrected chi connectivity index (χ1v) is 6.79. The van der Waals surface area contributed by atoms with Crippen molar-refractivity contribution >= 4 is 11.5 Å². The Kier molecular flexibility index (Phi) is 3.01. The van der Waals surface area contributed by atoms with E-state index in [1.807, 2.05) is 19.4 Å². The monoisotopic (exact) mass is 258 g/mol. The fraction of sp³-hybridized carbons (Fsp3) is 0.467. The van der Waals surface area contributed by atoms with Gasteiger partial charge in [-0.1, -0.05) is 19.1 Å². The standard InChI is InChI=1S/C15H18N2O2/c1-3-19-15(18)7-13-11-5-4-10(2)6-12(11)14-8-16-9-17(13)14/h4-5,8-10,13H,3,6-7H2,1-2H3. The number of hydrogen-bond donors (Lipinski definition) is 0. The first-order chi connectivity index (χ1) is 9.20. The highest BCUT2D eigenvalue weighted by Gasteiger charge is 2.33. The van der Waals surface area contributed by atoms with Crippen LogP contribution in [0, 0.1) is 5.92 Å². The molecule has 0 radical (unpaired) electrons. The van der Waals surface area contributed by atoms with Crippen LogP contribution in [0.25, 0.3) is 5.57 Å². The van der Waals surface area contributed by atoms with E-state index in [1.165, 1.54) is 11.1 Å². The molecular formula is C15H18N2O2. The number of esters is 1. The summed E-state index contributed by atoms with van der Waals surface area (Å²) in [4.78, 5) is 16.0. The average molecular weight is 258 g/mol. The minimum absolute atomic E-state index is 0.0512. The first-order valence-electron chi connectivity index (χ1n) is 6.79. The van der Waals surface area contributed by atoms with E-state index in [1.54, 1.807) is 0 Å². The summed E-state index contributed by atoms with van der Waals surface area (Å²) in [5.74, 6) is 0.399. The Balaban J connectivity index is 1.92. The summed E-state index contributed by atoms with van der Waals surface area (Å²) < 4.78 is 7.18. The van der Waals surface area contributed by atoms with Gasteiger partial charge in [0.2, 0.25) is 0 Å². The Hall–Kier alpha value is -1.84. The van der Waals surface area contributed by atoms with Gasteiger partial charge in [-0.05, 0) is 30.4 Å². The lowest BCUT2D eigenvalue weighted by Crippen LogP contribution is -2.14. The second-order valence-electron chi connectivity index (χ2n) is 5.19. The molecule has 0 amide bonds. The van der Waals surface area contributed by atoms with E-state index >= 15 is 0 Å². The largest absolute Gasteiger partial charge is 0.466 e. The van der Waals surface area contributed by atoms with Crippen LogP contribution < -0.4 is 0 Å². The van der Waals surface area contributed by atoms with Crippen molar-refractivity contribution in [1.29, 1.82) is 0 Å². The van der Waals surface area contributed by atoms with Gasteiger partial charge in [0, 0.05) is 0 Å². The van der Waals surface area contributed by atoms with Gasteiger partial charge in [0.1, 0.15) is 0 Å². The number of hydrogen-bond acceptors (Lipinski definition) is 3. The fourth-order valence-corrected chi connectivity index (χ4v) is 2.96. The molecule has 1 aromatic heterocycles. The van der Waals surface area contributed by atoms with Gasteiger partial charge in [0.15, 0.2) is 0 Å². The molecule has 0 saturated carbocycles. The Morgan fingerprint density at radius 2 is 2.42 bits per heavy atom. The van der Waals surface area contributed by atoms with Gasteiger partial charge in [-0.2, -0.15) is 0 Å². The maximum atomic E-state index is 11.8. The molecule has 1 aliphatic heterocycles. The molecule has 100 valence electrons. The maximum absolute atomic E-state index is 11.8. The molecule has 2 atom stereocenters. The maximum Gasteiger partial charge on any atom is 0.308 e. The molecule has 0 saturated heterocycles. The van der Waals surface area contributed by atoms with Crippen LogP contribution >= 0.6 is 0 Å². The number of rotatable bonds is 3. The molecule has 0 fully saturated rings. The Morgan fingerprint density at radius 3 is 3.21 bits per heavy atom. The van der Waals surface area contributed by atoms with Crippen molar-refractivity contribution in [2.45, 2.75) is 32.7 Å². The van der Waals surface area contributed by atoms with Crippen molar-refractivity contribution in [3.63, 3.8) is 0 Å². The summed E-state index contributed by atoms with van der Waals surface area (Å²) >= 11 is 0. The van der Waals surface area contributed by atoms with E-state index in [0.717, 1.165) is 12.1 Å². The predicted octanol–water partition coefficient (Wildman–Crippen LogP) is 2.74. The molecule has 2 aliphatic rings. The van der Waals surface area contributed by atoms with E-state index in [-0.39, 0.29) is 12.0 Å². The molecule has 4 heteroatoms. The zero-order valence-electron chi connectivity index (χ0n) is 11.3. The first kappa shape index (κ1) is 12.2. The number of carbonyl (C=O) groups is 1. The third-order valence-corrected chi connectivity index (χ3v) is 3.81. The van der Waals surface area contributed by atoms with Crippen molar-refractivity contribution in [2.24, 2.45) is 5.92 Å². The summed E-state index contributed by atoms with van der Waals surface area (Å²) in [6, 6.07) is 0.0512. The summed E-state index contributed by atoms with van der Waals surface area (Å²) in [5.41, 5.74) is 3.74. The molecule has 19 heavy (non-hydrogen) atoms. The number of allylic oxidation sites excluding steroid dienone is 4. The normalized spacial score (nSPS) is 24.3. The van der Waals surface area contributed by atoms with Crippen LogP contribution in [0.5, 0.6) is 0 Å². The highest BCUT2D eigenvalue weighted by Crippen LogP contribution is 2.44. The Bertz CT molecular complexity index is 568. The van der Waals surface area contributed by atoms with E-state index in [9.17, 15) is 4.79 Å². The molecule has 0 bridgehead atoms. The molecule has 3 rings (SSSR count). The van der Waals surface area contributed by atoms with Crippen molar-refractivity contribution in [3.8, 4) is 0 Å². The quantitative estimate of drug-likeness (QED) is 0.783. The highest BCUT2D eigenvalue weighted by molar-refractivity contribution is 5.78. The topological polar surface area (TPSA) is 44.1 Å². The number of aromatic nitrogens is 2. The molecule has 2 unspecified atom stereocenters. The number of fused-ring (bicyclic) bond motifs is 2. The molecule has 0 N–H and O–H groups in total. The second-order valence-corrected chi connectivity index (χ2v) is 5.19. The number of imidazole rings is 1. The van der Waals surface area contributed by atoms with Crippen LogP contribution in [-0.4, -0.2) is 22.1 Å². The number of carbonyl (C=O) groups excluding carboxylic acids is 1. The molecule has 1 aliphatic carbocycles. The van der Waals surface area contributed by atoms with Gasteiger partial charge in [0.25, 0.3) is 0 Å². The van der Waals surface area contributed by atoms with E-state index in [0.29, 0.717) is 18.9 Å². The SMILES string of the molecule is CCOC(=O)CC1C2=C(CC(C)C=C2)c2cncn21. The number of nitrogens with zero attached hydrogens (tertiary/aromatic N) is 2. The van der Waals surface area contributed by atoms with Crippen LogP contribution in [0.4, 0.5) is 0 Å². The van der Waals surface area contributed by atoms with Gasteiger partial charge in [-0.25, -0.2) is 4.98 Å². The molecule has 0 aromatic carbocycles. The summed E-state index contributed by atoms with van der Waals surface area (Å²) in [5, 5.41) is 0. The van der Waals surface area contributed by atoms with E-state index in [2.05, 4.69) is 28.6 Å². The highest BCUT2D eigenvalue weighted by atomic mass is 16.5. The molecule has 0 spiro atoms. The summed E-state index contributed by atoms with van der Waals surface area (Å²) in [6.07, 6.45) is 9.51. The lowest BCUT2D eigenvalue weighted by atomic mass is 9.88. The van der Waals surface area contributed by atoms with Gasteiger partial charge >= 0.3 is 5.97 Å². The van der Waals surface area contributed by atoms with Gasteiger partial charge in [-0.3, -0.25) is 4.79 Å². The van der Waals surface area contributed by atoms with Gasteiger partial charge in [0.05, 0.1) is 37.3 Å². The zero-order valence-corrected chi connectivity index (χ0v) is 11.3. The van der Waals surface area contributed by atoms with Crippen LogP contribution in [0.3, 0.4) is 0 Å². The molecule has 2 heterocycles. The lowest BCUT2D eigenvalue weighted by molar-refractivity contribution is -0.143. The predicted molar refractivity (Wildman–Crippen MR) is 72.4 cm³/mol. The molecular weight excluding hydrogens is 240 g/mol. The van der Waals surface area contributed by atoms with Crippen LogP contribution in [-0.2, 0) is 9.53 Å². The van der Waals surface area contributed by atoms with Crippen LogP contribution in [0.1, 0.15) is 38.4 Å². The third kappa shape index (κ3) is 2.01. The van der Waals surface area contributed by atoms with Crippen molar-refractivity contribution in [1.82, 2.24) is 9.55 Å². The molecule has 4 nitrogen and oxygen atoms in total. The van der Waals surface area contributed by atoms with Crippen molar-refractivity contribution < 1.29 is 9.53 Å². The summed E-state index contributed by atoms with van der Waals surface area (Å²) in [7, 11) is 0. The third-order valence-electron chi connectivity index (χ3n) is 3.81. The smallest absolute Gasteiger partial charge is 0.308 e. The minimum Gasteiger partial charge on any atom is -0.466 e. The average Bonchev–Trinajstić information content (AvgIpc) is 2.93. The van der Waals surface area contributed by atoms with Gasteiger partial charge < -0.3 is 9.30 Å². The second kappa shape index (κ2) is 4.68. The fourth-order valence-electron chi connectivity index (χ4n) is 2.96. The zero-order chi connectivity index (χ0) is 13.4. The lowest BCUT2D eigenvalue weighted by Gasteiger charge is -2.18. The van der Waals surface area contributed by atoms with Crippen LogP contribution in [0.2, 0.25) is 0 Å². The van der Waals surface area contributed by atoms with Crippen molar-refractivity contribution in [3.05, 3.63) is 35.9 Å². The van der Waals surface area contributed by atoms with Crippen molar-refractivity contribution in [2.75, 3.05) is 6.61 Å².